The monoisotopic (exact) mass is 868 g/mol. The number of methoxy groups -OCH3 is 1. The van der Waals surface area contributed by atoms with Crippen molar-refractivity contribution in [2.24, 2.45) is 17.8 Å². The first-order chi connectivity index (χ1) is 27.7. The fourth-order valence-corrected chi connectivity index (χ4v) is 7.03. The maximum Gasteiger partial charge on any atom is 0.416 e. The van der Waals surface area contributed by atoms with Crippen molar-refractivity contribution in [3.8, 4) is 0 Å². The Morgan fingerprint density at radius 3 is 1.65 bits per heavy atom. The molecular weight excluding hydrogens is 810 g/mol. The second kappa shape index (κ2) is 21.9. The molecular formula is C41H59F3N6O9S. The van der Waals surface area contributed by atoms with Crippen molar-refractivity contribution < 1.29 is 56.2 Å². The van der Waals surface area contributed by atoms with Crippen LogP contribution in [-0.4, -0.2) is 85.5 Å². The average Bonchev–Trinajstić information content (AvgIpc) is 3.46. The van der Waals surface area contributed by atoms with E-state index in [1.54, 1.807) is 69.2 Å². The van der Waals surface area contributed by atoms with Gasteiger partial charge in [0.2, 0.25) is 23.6 Å². The Kier molecular flexibility index (Phi) is 18.6. The van der Waals surface area contributed by atoms with Crippen LogP contribution in [0, 0.1) is 24.7 Å². The van der Waals surface area contributed by atoms with E-state index in [2.05, 4.69) is 31.9 Å². The fourth-order valence-electron chi connectivity index (χ4n) is 5.92. The Labute approximate surface area is 353 Å². The van der Waals surface area contributed by atoms with Crippen LogP contribution in [0.2, 0.25) is 0 Å². The molecule has 2 rings (SSSR count). The van der Waals surface area contributed by atoms with E-state index in [-0.39, 0.29) is 46.4 Å². The molecule has 0 fully saturated rings. The standard InChI is InChI=1S/C41H59F3N6O9S/c1-13-26(24-14-16-25(17-15-24)41(42,43)44)32(51)50-37-27(38(56)58-12)23(8)31(60-37)36(55)46-19-18-45-33(52)28(20(2)3)47-34(53)29(21(4)5)48-35(54)30(22(6)7)49-39(57)59-40(9,10)11/h14-17,20-22,26,28-30H,13,18-19H2,1-12H3,(H,45,52)(H,46,55)(H,47,53)(H,48,54)(H,49,57)(H,50,51)/t26?,28-,29-,30-/m0/s1. The number of nitrogens with one attached hydrogen (secondary N) is 6. The number of alkyl carbamates (subject to hydrolysis) is 1. The highest BCUT2D eigenvalue weighted by Gasteiger charge is 2.35. The molecule has 6 amide bonds. The van der Waals surface area contributed by atoms with Crippen LogP contribution in [0.3, 0.4) is 0 Å². The van der Waals surface area contributed by atoms with E-state index >= 15 is 0 Å². The van der Waals surface area contributed by atoms with Gasteiger partial charge in [-0.25, -0.2) is 9.59 Å². The van der Waals surface area contributed by atoms with E-state index in [9.17, 15) is 46.7 Å². The Morgan fingerprint density at radius 1 is 0.717 bits per heavy atom. The molecule has 19 heteroatoms. The molecule has 0 radical (unpaired) electrons. The zero-order valence-corrected chi connectivity index (χ0v) is 37.0. The lowest BCUT2D eigenvalue weighted by Crippen LogP contribution is -2.60. The summed E-state index contributed by atoms with van der Waals surface area (Å²) in [4.78, 5) is 92.1. The number of hydrogen-bond acceptors (Lipinski definition) is 10. The summed E-state index contributed by atoms with van der Waals surface area (Å²) in [5.74, 6) is -5.88. The number of carbonyl (C=O) groups is 7. The number of rotatable bonds is 18. The third kappa shape index (κ3) is 14.5. The number of thiophene rings is 1. The van der Waals surface area contributed by atoms with Crippen LogP contribution in [0.5, 0.6) is 0 Å². The van der Waals surface area contributed by atoms with Crippen LogP contribution in [0.15, 0.2) is 24.3 Å². The quantitative estimate of drug-likeness (QED) is 0.0804. The van der Waals surface area contributed by atoms with Crippen molar-refractivity contribution >= 4 is 57.9 Å². The third-order valence-corrected chi connectivity index (χ3v) is 10.4. The van der Waals surface area contributed by atoms with E-state index in [1.165, 1.54) is 19.1 Å². The SMILES string of the molecule is CCC(C(=O)Nc1sc(C(=O)NCCNC(=O)[C@@H](NC(=O)[C@@H](NC(=O)[C@@H](NC(=O)OC(C)(C)C)C(C)C)C(C)C)C(C)C)c(C)c1C(=O)OC)c1ccc(C(F)(F)F)cc1. The summed E-state index contributed by atoms with van der Waals surface area (Å²) in [7, 11) is 1.13. The van der Waals surface area contributed by atoms with Crippen molar-refractivity contribution in [3.63, 3.8) is 0 Å². The van der Waals surface area contributed by atoms with Crippen LogP contribution in [0.25, 0.3) is 0 Å². The van der Waals surface area contributed by atoms with Gasteiger partial charge in [-0.1, -0.05) is 60.6 Å². The predicted octanol–water partition coefficient (Wildman–Crippen LogP) is 5.67. The summed E-state index contributed by atoms with van der Waals surface area (Å²) in [6.07, 6.45) is -5.12. The molecule has 60 heavy (non-hydrogen) atoms. The normalized spacial score (nSPS) is 13.8. The van der Waals surface area contributed by atoms with Crippen molar-refractivity contribution in [3.05, 3.63) is 51.4 Å². The van der Waals surface area contributed by atoms with Gasteiger partial charge in [0.1, 0.15) is 28.7 Å². The number of carbonyl (C=O) groups excluding carboxylic acids is 7. The molecule has 0 spiro atoms. The average molecular weight is 869 g/mol. The van der Waals surface area contributed by atoms with Crippen molar-refractivity contribution in [1.29, 1.82) is 0 Å². The molecule has 334 valence electrons. The van der Waals surface area contributed by atoms with Gasteiger partial charge in [-0.3, -0.25) is 24.0 Å². The number of esters is 1. The Balaban J connectivity index is 2.12. The molecule has 0 aliphatic carbocycles. The van der Waals surface area contributed by atoms with E-state index in [0.717, 1.165) is 30.6 Å². The number of amides is 6. The molecule has 1 heterocycles. The maximum absolute atomic E-state index is 13.5. The molecule has 1 aromatic heterocycles. The summed E-state index contributed by atoms with van der Waals surface area (Å²) >= 11 is 0.807. The lowest BCUT2D eigenvalue weighted by Gasteiger charge is -2.29. The Morgan fingerprint density at radius 2 is 1.20 bits per heavy atom. The Bertz CT molecular complexity index is 1860. The van der Waals surface area contributed by atoms with Crippen molar-refractivity contribution in [2.45, 2.75) is 118 Å². The van der Waals surface area contributed by atoms with Gasteiger partial charge in [0.05, 0.1) is 29.0 Å². The molecule has 1 aromatic carbocycles. The molecule has 4 atom stereocenters. The minimum Gasteiger partial charge on any atom is -0.465 e. The van der Waals surface area contributed by atoms with Crippen LogP contribution in [0.4, 0.5) is 23.0 Å². The number of ether oxygens (including phenoxy) is 2. The molecule has 1 unspecified atom stereocenters. The fraction of sp³-hybridized carbons (Fsp3) is 0.585. The van der Waals surface area contributed by atoms with Crippen LogP contribution >= 0.6 is 11.3 Å². The van der Waals surface area contributed by atoms with Crippen LogP contribution in [0.1, 0.15) is 118 Å². The van der Waals surface area contributed by atoms with Gasteiger partial charge in [-0.15, -0.1) is 11.3 Å². The van der Waals surface area contributed by atoms with Crippen molar-refractivity contribution in [2.75, 3.05) is 25.5 Å². The number of halogens is 3. The van der Waals surface area contributed by atoms with E-state index < -0.39 is 94.8 Å². The topological polar surface area (TPSA) is 210 Å². The first-order valence-corrected chi connectivity index (χ1v) is 20.4. The predicted molar refractivity (Wildman–Crippen MR) is 220 cm³/mol. The molecule has 6 N–H and O–H groups in total. The van der Waals surface area contributed by atoms with Gasteiger partial charge < -0.3 is 41.4 Å². The minimum absolute atomic E-state index is 0.0126. The molecule has 0 aliphatic rings. The molecule has 2 aromatic rings. The second-order valence-electron chi connectivity index (χ2n) is 16.2. The zero-order valence-electron chi connectivity index (χ0n) is 36.2. The summed E-state index contributed by atoms with van der Waals surface area (Å²) in [6, 6.07) is 1.08. The number of benzene rings is 1. The molecule has 15 nitrogen and oxygen atoms in total. The first kappa shape index (κ1) is 50.9. The summed E-state index contributed by atoms with van der Waals surface area (Å²) < 4.78 is 49.5. The zero-order chi connectivity index (χ0) is 45.9. The summed E-state index contributed by atoms with van der Waals surface area (Å²) in [5.41, 5.74) is -1.19. The van der Waals surface area contributed by atoms with Gasteiger partial charge in [0.25, 0.3) is 5.91 Å². The van der Waals surface area contributed by atoms with E-state index in [1.807, 2.05) is 0 Å². The minimum atomic E-state index is -4.55. The molecule has 0 saturated carbocycles. The van der Waals surface area contributed by atoms with Gasteiger partial charge in [-0.05, 0) is 75.1 Å². The highest BCUT2D eigenvalue weighted by molar-refractivity contribution is 7.18. The van der Waals surface area contributed by atoms with Gasteiger partial charge in [0, 0.05) is 13.1 Å². The highest BCUT2D eigenvalue weighted by atomic mass is 32.1. The van der Waals surface area contributed by atoms with Crippen LogP contribution in [-0.2, 0) is 34.8 Å². The van der Waals surface area contributed by atoms with Crippen molar-refractivity contribution in [1.82, 2.24) is 26.6 Å². The number of alkyl halides is 3. The lowest BCUT2D eigenvalue weighted by atomic mass is 9.94. The number of anilines is 1. The van der Waals surface area contributed by atoms with E-state index in [4.69, 9.17) is 9.47 Å². The van der Waals surface area contributed by atoms with Crippen LogP contribution < -0.4 is 31.9 Å². The van der Waals surface area contributed by atoms with Gasteiger partial charge in [0.15, 0.2) is 0 Å². The molecule has 0 saturated heterocycles. The number of hydrogen-bond donors (Lipinski definition) is 6. The summed E-state index contributed by atoms with van der Waals surface area (Å²) in [6.45, 7) is 18.4. The second-order valence-corrected chi connectivity index (χ2v) is 17.2. The van der Waals surface area contributed by atoms with Gasteiger partial charge in [-0.2, -0.15) is 13.2 Å². The Hall–Kier alpha value is -5.20. The third-order valence-electron chi connectivity index (χ3n) is 9.17. The smallest absolute Gasteiger partial charge is 0.416 e. The summed E-state index contributed by atoms with van der Waals surface area (Å²) in [5, 5.41) is 16.0. The highest BCUT2D eigenvalue weighted by Crippen LogP contribution is 2.36. The first-order valence-electron chi connectivity index (χ1n) is 19.6. The van der Waals surface area contributed by atoms with E-state index in [0.29, 0.717) is 5.56 Å². The molecule has 0 bridgehead atoms. The van der Waals surface area contributed by atoms with Gasteiger partial charge >= 0.3 is 18.2 Å². The maximum atomic E-state index is 13.5. The largest absolute Gasteiger partial charge is 0.465 e. The molecule has 0 aliphatic heterocycles. The lowest BCUT2D eigenvalue weighted by molar-refractivity contribution is -0.137.